The van der Waals surface area contributed by atoms with Gasteiger partial charge in [0.25, 0.3) is 0 Å². The lowest BCUT2D eigenvalue weighted by atomic mass is 10.0. The molecule has 3 N–H and O–H groups in total. The summed E-state index contributed by atoms with van der Waals surface area (Å²) in [5.74, 6) is 1.67. The minimum absolute atomic E-state index is 0.00810. The first-order valence-corrected chi connectivity index (χ1v) is 13.9. The lowest BCUT2D eigenvalue weighted by molar-refractivity contribution is -0.161. The van der Waals surface area contributed by atoms with Crippen molar-refractivity contribution in [3.63, 3.8) is 0 Å². The Labute approximate surface area is 224 Å². The molecule has 202 valence electrons. The number of nitrogens with zero attached hydrogens (tertiary/aromatic N) is 2. The standard InChI is InChI=1S/C28H32N2O7S/c1-3-30(4-2)16-6-9-20-23(12-16)37-24-14-21(31)18-8-7-17(13-19(18)25(24)29-20)35-10-5-11-38-28-27(34)26(33)22(32)15-36-28/h6-9,12-14,22,26-28,32-34H,3-5,10-11,15H2,1-2H3/t22-,26-,27+,28-/m1/s1. The first-order chi connectivity index (χ1) is 18.4. The molecular weight excluding hydrogens is 508 g/mol. The van der Waals surface area contributed by atoms with Crippen LogP contribution in [0.2, 0.25) is 0 Å². The van der Waals surface area contributed by atoms with E-state index in [4.69, 9.17) is 18.9 Å². The van der Waals surface area contributed by atoms with Crippen LogP contribution in [0.15, 0.2) is 51.7 Å². The van der Waals surface area contributed by atoms with Gasteiger partial charge in [0.15, 0.2) is 16.8 Å². The molecule has 3 aliphatic rings. The number of fused-ring (bicyclic) bond motifs is 4. The van der Waals surface area contributed by atoms with Crippen molar-refractivity contribution in [2.24, 2.45) is 0 Å². The van der Waals surface area contributed by atoms with Gasteiger partial charge in [0.1, 0.15) is 40.7 Å². The Balaban J connectivity index is 1.32. The number of hydrogen-bond donors (Lipinski definition) is 3. The fourth-order valence-electron chi connectivity index (χ4n) is 4.69. The first-order valence-electron chi connectivity index (χ1n) is 12.9. The van der Waals surface area contributed by atoms with E-state index in [1.807, 2.05) is 24.3 Å². The topological polar surface area (TPSA) is 125 Å². The van der Waals surface area contributed by atoms with Gasteiger partial charge in [-0.25, -0.2) is 4.98 Å². The summed E-state index contributed by atoms with van der Waals surface area (Å²) in [7, 11) is 0. The molecule has 0 spiro atoms. The molecule has 9 nitrogen and oxygen atoms in total. The van der Waals surface area contributed by atoms with Gasteiger partial charge >= 0.3 is 0 Å². The van der Waals surface area contributed by atoms with E-state index in [0.717, 1.165) is 18.8 Å². The fourth-order valence-corrected chi connectivity index (χ4v) is 5.74. The van der Waals surface area contributed by atoms with E-state index in [1.165, 1.54) is 17.8 Å². The third-order valence-electron chi connectivity index (χ3n) is 6.83. The van der Waals surface area contributed by atoms with Crippen molar-refractivity contribution in [3.05, 3.63) is 52.7 Å². The fraction of sp³-hybridized carbons (Fsp3) is 0.429. The molecule has 1 fully saturated rings. The highest BCUT2D eigenvalue weighted by Crippen LogP contribution is 2.33. The molecule has 1 aliphatic carbocycles. The van der Waals surface area contributed by atoms with Crippen molar-refractivity contribution in [3.8, 4) is 17.2 Å². The maximum atomic E-state index is 12.8. The smallest absolute Gasteiger partial charge is 0.190 e. The number of aliphatic hydroxyl groups excluding tert-OH is 3. The molecule has 0 unspecified atom stereocenters. The molecule has 10 heteroatoms. The highest BCUT2D eigenvalue weighted by molar-refractivity contribution is 7.99. The van der Waals surface area contributed by atoms with E-state index >= 15 is 0 Å². The summed E-state index contributed by atoms with van der Waals surface area (Å²) in [5, 5.41) is 30.6. The van der Waals surface area contributed by atoms with Gasteiger partial charge in [-0.3, -0.25) is 4.79 Å². The molecule has 2 heterocycles. The van der Waals surface area contributed by atoms with Crippen LogP contribution in [0.3, 0.4) is 0 Å². The van der Waals surface area contributed by atoms with Crippen molar-refractivity contribution in [1.29, 1.82) is 0 Å². The number of hydrogen-bond acceptors (Lipinski definition) is 10. The number of thioether (sulfide) groups is 1. The van der Waals surface area contributed by atoms with Crippen molar-refractivity contribution in [2.45, 2.75) is 44.0 Å². The number of anilines is 1. The van der Waals surface area contributed by atoms with Crippen LogP contribution in [0, 0.1) is 0 Å². The van der Waals surface area contributed by atoms with Crippen molar-refractivity contribution >= 4 is 39.3 Å². The van der Waals surface area contributed by atoms with Crippen LogP contribution in [0.4, 0.5) is 5.69 Å². The van der Waals surface area contributed by atoms with Gasteiger partial charge in [0, 0.05) is 41.7 Å². The average Bonchev–Trinajstić information content (AvgIpc) is 2.92. The number of aromatic nitrogens is 1. The maximum absolute atomic E-state index is 12.8. The highest BCUT2D eigenvalue weighted by atomic mass is 32.2. The van der Waals surface area contributed by atoms with Crippen LogP contribution in [-0.4, -0.2) is 76.1 Å². The van der Waals surface area contributed by atoms with Crippen molar-refractivity contribution < 1.29 is 29.2 Å². The van der Waals surface area contributed by atoms with E-state index in [9.17, 15) is 20.1 Å². The van der Waals surface area contributed by atoms with Crippen molar-refractivity contribution in [2.75, 3.05) is 37.0 Å². The van der Waals surface area contributed by atoms with Crippen LogP contribution in [0.25, 0.3) is 33.3 Å². The molecule has 1 saturated heterocycles. The zero-order valence-corrected chi connectivity index (χ0v) is 22.2. The lowest BCUT2D eigenvalue weighted by Crippen LogP contribution is -2.51. The van der Waals surface area contributed by atoms with Crippen LogP contribution >= 0.6 is 11.8 Å². The molecule has 0 amide bonds. The van der Waals surface area contributed by atoms with Crippen molar-refractivity contribution in [1.82, 2.24) is 4.98 Å². The monoisotopic (exact) mass is 540 g/mol. The highest BCUT2D eigenvalue weighted by Gasteiger charge is 2.37. The zero-order chi connectivity index (χ0) is 26.8. The van der Waals surface area contributed by atoms with Gasteiger partial charge in [0.2, 0.25) is 0 Å². The summed E-state index contributed by atoms with van der Waals surface area (Å²) in [4.78, 5) is 19.9. The second-order valence-corrected chi connectivity index (χ2v) is 10.5. The maximum Gasteiger partial charge on any atom is 0.190 e. The molecule has 38 heavy (non-hydrogen) atoms. The second-order valence-electron chi connectivity index (χ2n) is 9.29. The Bertz CT molecular complexity index is 1440. The number of aliphatic hydroxyl groups is 3. The van der Waals surface area contributed by atoms with Crippen LogP contribution in [0.1, 0.15) is 20.3 Å². The van der Waals surface area contributed by atoms with Crippen LogP contribution in [-0.2, 0) is 4.74 Å². The van der Waals surface area contributed by atoms with Crippen LogP contribution in [0.5, 0.6) is 5.75 Å². The summed E-state index contributed by atoms with van der Waals surface area (Å²) in [6.45, 7) is 6.37. The summed E-state index contributed by atoms with van der Waals surface area (Å²) >= 11 is 1.37. The van der Waals surface area contributed by atoms with Crippen LogP contribution < -0.4 is 15.1 Å². The van der Waals surface area contributed by atoms with E-state index in [1.54, 1.807) is 12.1 Å². The van der Waals surface area contributed by atoms with E-state index in [2.05, 4.69) is 18.7 Å². The summed E-state index contributed by atoms with van der Waals surface area (Å²) in [6.07, 6.45) is -2.76. The van der Waals surface area contributed by atoms with Gasteiger partial charge in [-0.1, -0.05) is 0 Å². The minimum atomic E-state index is -1.21. The summed E-state index contributed by atoms with van der Waals surface area (Å²) in [6, 6.07) is 12.7. The Hall–Kier alpha value is -2.89. The molecule has 2 aromatic rings. The Morgan fingerprint density at radius 2 is 1.87 bits per heavy atom. The van der Waals surface area contributed by atoms with Gasteiger partial charge in [-0.05, 0) is 56.4 Å². The molecule has 0 bridgehead atoms. The second kappa shape index (κ2) is 11.5. The number of ether oxygens (including phenoxy) is 2. The average molecular weight is 541 g/mol. The van der Waals surface area contributed by atoms with E-state index in [0.29, 0.717) is 57.9 Å². The quantitative estimate of drug-likeness (QED) is 0.166. The van der Waals surface area contributed by atoms with Gasteiger partial charge in [-0.15, -0.1) is 11.8 Å². The Morgan fingerprint density at radius 3 is 2.66 bits per heavy atom. The molecule has 2 aromatic carbocycles. The molecule has 0 saturated carbocycles. The molecule has 0 radical (unpaired) electrons. The van der Waals surface area contributed by atoms with Gasteiger partial charge < -0.3 is 34.1 Å². The number of rotatable bonds is 9. The normalized spacial score (nSPS) is 21.8. The molecule has 5 rings (SSSR count). The SMILES string of the molecule is CCN(CC)c1ccc2nc3c4cc(OCCCS[C@H]5OC[C@@H](O)[C@@H](O)[C@@H]5O)ccc4c(=O)cc-3oc2c1. The molecular formula is C28H32N2O7S. The first kappa shape index (κ1) is 26.7. The van der Waals surface area contributed by atoms with Gasteiger partial charge in [0.05, 0.1) is 13.2 Å². The minimum Gasteiger partial charge on any atom is -0.494 e. The number of benzene rings is 3. The third-order valence-corrected chi connectivity index (χ3v) is 8.09. The van der Waals surface area contributed by atoms with E-state index in [-0.39, 0.29) is 12.0 Å². The molecule has 4 atom stereocenters. The third kappa shape index (κ3) is 5.32. The zero-order valence-electron chi connectivity index (χ0n) is 21.4. The Morgan fingerprint density at radius 1 is 1.05 bits per heavy atom. The molecule has 0 aromatic heterocycles. The predicted octanol–water partition coefficient (Wildman–Crippen LogP) is 3.23. The Kier molecular flexibility index (Phi) is 8.06. The predicted molar refractivity (Wildman–Crippen MR) is 148 cm³/mol. The van der Waals surface area contributed by atoms with Gasteiger partial charge in [-0.2, -0.15) is 0 Å². The van der Waals surface area contributed by atoms with E-state index < -0.39 is 23.7 Å². The summed E-state index contributed by atoms with van der Waals surface area (Å²) < 4.78 is 17.5. The summed E-state index contributed by atoms with van der Waals surface area (Å²) in [5.41, 5.74) is 2.25. The largest absolute Gasteiger partial charge is 0.494 e. The lowest BCUT2D eigenvalue weighted by Gasteiger charge is -2.34. The molecule has 2 aliphatic heterocycles.